The largest absolute Gasteiger partial charge is 0.384 e. The Kier molecular flexibility index (Phi) is 5.77. The lowest BCUT2D eigenvalue weighted by molar-refractivity contribution is 0.164. The molecule has 0 bridgehead atoms. The summed E-state index contributed by atoms with van der Waals surface area (Å²) in [5, 5.41) is 5.59. The van der Waals surface area contributed by atoms with Gasteiger partial charge in [-0.3, -0.25) is 0 Å². The summed E-state index contributed by atoms with van der Waals surface area (Å²) >= 11 is 0. The number of nitrogens with zero attached hydrogens (tertiary/aromatic N) is 1. The second-order valence-electron chi connectivity index (χ2n) is 4.12. The van der Waals surface area contributed by atoms with Crippen molar-refractivity contribution in [2.24, 2.45) is 5.92 Å². The predicted octanol–water partition coefficient (Wildman–Crippen LogP) is 2.49. The van der Waals surface area contributed by atoms with Gasteiger partial charge in [-0.2, -0.15) is 0 Å². The molecule has 6 heteroatoms. The molecule has 0 aliphatic heterocycles. The summed E-state index contributed by atoms with van der Waals surface area (Å²) in [5.74, 6) is -1.07. The van der Waals surface area contributed by atoms with Crippen LogP contribution in [0.15, 0.2) is 6.07 Å². The Bertz CT molecular complexity index is 388. The standard InChI is InChI=1S/C12H19F2N3O/c1-4-15-11-9(13)5-10(14)12(17-11)16-6-8(2)7-18-3/h5,8H,4,6-7H2,1-3H3,(H2,15,16,17). The number of hydrogen-bond acceptors (Lipinski definition) is 4. The number of methoxy groups -OCH3 is 1. The molecular weight excluding hydrogens is 240 g/mol. The molecule has 1 aromatic rings. The first-order chi connectivity index (χ1) is 8.58. The van der Waals surface area contributed by atoms with Gasteiger partial charge < -0.3 is 15.4 Å². The lowest BCUT2D eigenvalue weighted by Crippen LogP contribution is -2.18. The van der Waals surface area contributed by atoms with Gasteiger partial charge in [0.1, 0.15) is 0 Å². The van der Waals surface area contributed by atoms with Crippen molar-refractivity contribution in [1.82, 2.24) is 4.98 Å². The van der Waals surface area contributed by atoms with Crippen LogP contribution in [0.5, 0.6) is 0 Å². The van der Waals surface area contributed by atoms with Crippen molar-refractivity contribution in [2.75, 3.05) is 37.4 Å². The molecule has 1 aromatic heterocycles. The minimum Gasteiger partial charge on any atom is -0.384 e. The van der Waals surface area contributed by atoms with Crippen molar-refractivity contribution in [3.63, 3.8) is 0 Å². The summed E-state index contributed by atoms with van der Waals surface area (Å²) in [4.78, 5) is 3.88. The Morgan fingerprint density at radius 2 is 1.89 bits per heavy atom. The van der Waals surface area contributed by atoms with E-state index >= 15 is 0 Å². The van der Waals surface area contributed by atoms with Crippen molar-refractivity contribution in [3.05, 3.63) is 17.7 Å². The number of anilines is 2. The first-order valence-corrected chi connectivity index (χ1v) is 5.91. The summed E-state index contributed by atoms with van der Waals surface area (Å²) in [7, 11) is 1.61. The van der Waals surface area contributed by atoms with Gasteiger partial charge in [-0.1, -0.05) is 6.92 Å². The zero-order chi connectivity index (χ0) is 13.5. The molecule has 0 amide bonds. The van der Waals surface area contributed by atoms with E-state index in [1.165, 1.54) is 0 Å². The van der Waals surface area contributed by atoms with Crippen LogP contribution in [0, 0.1) is 17.6 Å². The number of pyridine rings is 1. The molecule has 0 aromatic carbocycles. The first kappa shape index (κ1) is 14.6. The molecule has 2 N–H and O–H groups in total. The molecule has 0 spiro atoms. The van der Waals surface area contributed by atoms with E-state index < -0.39 is 11.6 Å². The molecule has 0 saturated carbocycles. The van der Waals surface area contributed by atoms with Crippen LogP contribution < -0.4 is 10.6 Å². The Labute approximate surface area is 106 Å². The lowest BCUT2D eigenvalue weighted by Gasteiger charge is -2.13. The van der Waals surface area contributed by atoms with E-state index in [9.17, 15) is 8.78 Å². The number of ether oxygens (including phenoxy) is 1. The molecule has 1 heterocycles. The molecule has 0 fully saturated rings. The van der Waals surface area contributed by atoms with Crippen LogP contribution >= 0.6 is 0 Å². The molecule has 1 unspecified atom stereocenters. The third-order valence-corrected chi connectivity index (χ3v) is 2.34. The summed E-state index contributed by atoms with van der Waals surface area (Å²) in [6.45, 7) is 5.38. The van der Waals surface area contributed by atoms with Crippen LogP contribution in [-0.2, 0) is 4.74 Å². The van der Waals surface area contributed by atoms with E-state index in [2.05, 4.69) is 15.6 Å². The normalized spacial score (nSPS) is 12.3. The third kappa shape index (κ3) is 4.10. The monoisotopic (exact) mass is 259 g/mol. The molecular formula is C12H19F2N3O. The third-order valence-electron chi connectivity index (χ3n) is 2.34. The lowest BCUT2D eigenvalue weighted by atomic mass is 10.2. The molecule has 102 valence electrons. The average Bonchev–Trinajstić information content (AvgIpc) is 2.31. The Hall–Kier alpha value is -1.43. The van der Waals surface area contributed by atoms with Gasteiger partial charge in [0.15, 0.2) is 23.3 Å². The molecule has 1 atom stereocenters. The Balaban J connectivity index is 2.72. The molecule has 4 nitrogen and oxygen atoms in total. The van der Waals surface area contributed by atoms with Gasteiger partial charge in [-0.25, -0.2) is 13.8 Å². The molecule has 1 rings (SSSR count). The first-order valence-electron chi connectivity index (χ1n) is 5.91. The van der Waals surface area contributed by atoms with Gasteiger partial charge in [0.05, 0.1) is 6.61 Å². The van der Waals surface area contributed by atoms with Gasteiger partial charge in [0.2, 0.25) is 0 Å². The molecule has 0 saturated heterocycles. The van der Waals surface area contributed by atoms with E-state index in [0.29, 0.717) is 19.7 Å². The number of halogens is 2. The quantitative estimate of drug-likeness (QED) is 0.789. The van der Waals surface area contributed by atoms with Gasteiger partial charge in [-0.05, 0) is 12.8 Å². The van der Waals surface area contributed by atoms with E-state index in [-0.39, 0.29) is 17.6 Å². The van der Waals surface area contributed by atoms with Crippen LogP contribution in [-0.4, -0.2) is 31.8 Å². The minimum atomic E-state index is -0.696. The fourth-order valence-corrected chi connectivity index (χ4v) is 1.50. The van der Waals surface area contributed by atoms with E-state index in [0.717, 1.165) is 6.07 Å². The molecule has 18 heavy (non-hydrogen) atoms. The number of aromatic nitrogens is 1. The highest BCUT2D eigenvalue weighted by molar-refractivity contribution is 5.47. The van der Waals surface area contributed by atoms with Crippen molar-refractivity contribution in [2.45, 2.75) is 13.8 Å². The minimum absolute atomic E-state index is 0.0512. The van der Waals surface area contributed by atoms with Crippen LogP contribution in [0.2, 0.25) is 0 Å². The molecule has 0 aliphatic rings. The Morgan fingerprint density at radius 1 is 1.28 bits per heavy atom. The zero-order valence-electron chi connectivity index (χ0n) is 10.9. The van der Waals surface area contributed by atoms with E-state index in [1.54, 1.807) is 7.11 Å². The summed E-state index contributed by atoms with van der Waals surface area (Å²) < 4.78 is 31.8. The smallest absolute Gasteiger partial charge is 0.168 e. The second kappa shape index (κ2) is 7.10. The van der Waals surface area contributed by atoms with E-state index in [1.807, 2.05) is 13.8 Å². The number of hydrogen-bond donors (Lipinski definition) is 2. The van der Waals surface area contributed by atoms with Crippen molar-refractivity contribution in [1.29, 1.82) is 0 Å². The molecule has 0 aliphatic carbocycles. The average molecular weight is 259 g/mol. The van der Waals surface area contributed by atoms with Gasteiger partial charge in [-0.15, -0.1) is 0 Å². The number of nitrogens with one attached hydrogen (secondary N) is 2. The zero-order valence-corrected chi connectivity index (χ0v) is 10.9. The highest BCUT2D eigenvalue weighted by atomic mass is 19.1. The summed E-state index contributed by atoms with van der Waals surface area (Å²) in [6, 6.07) is 0.828. The topological polar surface area (TPSA) is 46.2 Å². The summed E-state index contributed by atoms with van der Waals surface area (Å²) in [5.41, 5.74) is 0. The fraction of sp³-hybridized carbons (Fsp3) is 0.583. The van der Waals surface area contributed by atoms with Gasteiger partial charge >= 0.3 is 0 Å². The van der Waals surface area contributed by atoms with Crippen LogP contribution in [0.1, 0.15) is 13.8 Å². The van der Waals surface area contributed by atoms with Crippen LogP contribution in [0.3, 0.4) is 0 Å². The van der Waals surface area contributed by atoms with Crippen LogP contribution in [0.4, 0.5) is 20.4 Å². The van der Waals surface area contributed by atoms with Gasteiger partial charge in [0, 0.05) is 26.3 Å². The van der Waals surface area contributed by atoms with Crippen molar-refractivity contribution < 1.29 is 13.5 Å². The summed E-state index contributed by atoms with van der Waals surface area (Å²) in [6.07, 6.45) is 0. The van der Waals surface area contributed by atoms with E-state index in [4.69, 9.17) is 4.74 Å². The molecule has 0 radical (unpaired) electrons. The number of rotatable bonds is 7. The maximum absolute atomic E-state index is 13.5. The van der Waals surface area contributed by atoms with Crippen molar-refractivity contribution >= 4 is 11.6 Å². The Morgan fingerprint density at radius 3 is 2.44 bits per heavy atom. The SMILES string of the molecule is CCNc1nc(NCC(C)COC)c(F)cc1F. The fourth-order valence-electron chi connectivity index (χ4n) is 1.50. The maximum Gasteiger partial charge on any atom is 0.168 e. The van der Waals surface area contributed by atoms with Gasteiger partial charge in [0.25, 0.3) is 0 Å². The van der Waals surface area contributed by atoms with Crippen molar-refractivity contribution in [3.8, 4) is 0 Å². The highest BCUT2D eigenvalue weighted by Crippen LogP contribution is 2.19. The maximum atomic E-state index is 13.5. The predicted molar refractivity (Wildman–Crippen MR) is 67.8 cm³/mol. The highest BCUT2D eigenvalue weighted by Gasteiger charge is 2.12. The second-order valence-corrected chi connectivity index (χ2v) is 4.12. The van der Waals surface area contributed by atoms with Crippen LogP contribution in [0.25, 0.3) is 0 Å².